The van der Waals surface area contributed by atoms with Gasteiger partial charge in [-0.15, -0.1) is 23.5 Å². The molecule has 0 aromatic heterocycles. The highest BCUT2D eigenvalue weighted by molar-refractivity contribution is 8.17. The van der Waals surface area contributed by atoms with Crippen LogP contribution in [0.1, 0.15) is 0 Å². The molecule has 6 heavy (non-hydrogen) atoms. The van der Waals surface area contributed by atoms with E-state index in [1.54, 1.807) is 0 Å². The second kappa shape index (κ2) is 2.59. The zero-order chi connectivity index (χ0) is 4.24. The third-order valence-corrected chi connectivity index (χ3v) is 2.42. The highest BCUT2D eigenvalue weighted by atomic mass is 32.2. The van der Waals surface area contributed by atoms with E-state index in [4.69, 9.17) is 0 Å². The van der Waals surface area contributed by atoms with Crippen molar-refractivity contribution in [3.63, 3.8) is 0 Å². The summed E-state index contributed by atoms with van der Waals surface area (Å²) in [6.07, 6.45) is 3.09. The number of thioether (sulfide) groups is 2. The van der Waals surface area contributed by atoms with Gasteiger partial charge in [0.2, 0.25) is 0 Å². The number of hydrogen-bond donors (Lipinski definition) is 0. The van der Waals surface area contributed by atoms with E-state index in [1.807, 2.05) is 28.9 Å². The molecule has 0 nitrogen and oxygen atoms in total. The molecule has 0 aromatic rings. The molecular weight excluding hydrogens is 112 g/mol. The molecule has 0 spiro atoms. The number of rotatable bonds is 0. The first-order chi connectivity index (χ1) is 3.00. The van der Waals surface area contributed by atoms with E-state index in [9.17, 15) is 0 Å². The smallest absolute Gasteiger partial charge is 0.0436 e. The Morgan fingerprint density at radius 2 is 2.67 bits per heavy atom. The highest BCUT2D eigenvalue weighted by Crippen LogP contribution is 2.17. The van der Waals surface area contributed by atoms with Crippen LogP contribution in [-0.4, -0.2) is 10.8 Å². The molecule has 33 valence electrons. The SMILES string of the molecule is [C]1=CSCSC1. The van der Waals surface area contributed by atoms with Crippen molar-refractivity contribution < 1.29 is 0 Å². The van der Waals surface area contributed by atoms with Gasteiger partial charge in [0.15, 0.2) is 0 Å². The Bertz CT molecular complexity index is 50.6. The van der Waals surface area contributed by atoms with Gasteiger partial charge >= 0.3 is 0 Å². The molecule has 0 saturated carbocycles. The molecule has 1 rings (SSSR count). The first-order valence-corrected chi connectivity index (χ1v) is 3.95. The van der Waals surface area contributed by atoms with Gasteiger partial charge in [0.1, 0.15) is 0 Å². The van der Waals surface area contributed by atoms with Crippen molar-refractivity contribution in [1.82, 2.24) is 0 Å². The molecule has 0 aliphatic carbocycles. The van der Waals surface area contributed by atoms with E-state index < -0.39 is 0 Å². The first kappa shape index (κ1) is 4.60. The third-order valence-electron chi connectivity index (χ3n) is 0.503. The molecule has 0 saturated heterocycles. The standard InChI is InChI=1S/C4H5S2/c1-2-5-4-6-3-1/h2H,3-4H2. The molecule has 0 amide bonds. The molecule has 0 aromatic carbocycles. The second-order valence-electron chi connectivity index (χ2n) is 0.955. The van der Waals surface area contributed by atoms with Crippen LogP contribution in [0.25, 0.3) is 0 Å². The largest absolute Gasteiger partial charge is 0.146 e. The maximum atomic E-state index is 3.09. The van der Waals surface area contributed by atoms with Crippen LogP contribution in [0.3, 0.4) is 0 Å². The number of hydrogen-bond acceptors (Lipinski definition) is 2. The van der Waals surface area contributed by atoms with E-state index in [2.05, 4.69) is 6.08 Å². The topological polar surface area (TPSA) is 0 Å². The van der Waals surface area contributed by atoms with Crippen molar-refractivity contribution >= 4 is 23.5 Å². The fraction of sp³-hybridized carbons (Fsp3) is 0.500. The minimum absolute atomic E-state index is 1.09. The second-order valence-corrected chi connectivity index (χ2v) is 3.16. The summed E-state index contributed by atoms with van der Waals surface area (Å²) in [7, 11) is 0. The van der Waals surface area contributed by atoms with Gasteiger partial charge in [-0.2, -0.15) is 0 Å². The normalized spacial score (nSPS) is 21.3. The molecule has 1 aliphatic heterocycles. The van der Waals surface area contributed by atoms with Crippen molar-refractivity contribution in [2.24, 2.45) is 0 Å². The average molecular weight is 117 g/mol. The van der Waals surface area contributed by atoms with Crippen LogP contribution in [0.2, 0.25) is 0 Å². The Kier molecular flexibility index (Phi) is 1.98. The lowest BCUT2D eigenvalue weighted by atomic mass is 10.8. The van der Waals surface area contributed by atoms with Gasteiger partial charge in [-0.25, -0.2) is 0 Å². The lowest BCUT2D eigenvalue weighted by Gasteiger charge is -1.96. The summed E-state index contributed by atoms with van der Waals surface area (Å²) in [6.45, 7) is 0. The van der Waals surface area contributed by atoms with Crippen LogP contribution < -0.4 is 0 Å². The molecule has 0 bridgehead atoms. The van der Waals surface area contributed by atoms with E-state index in [0.717, 1.165) is 5.75 Å². The maximum absolute atomic E-state index is 3.09. The Morgan fingerprint density at radius 1 is 1.67 bits per heavy atom. The Labute approximate surface area is 46.4 Å². The van der Waals surface area contributed by atoms with Gasteiger partial charge in [0.25, 0.3) is 0 Å². The molecular formula is C4H5S2. The van der Waals surface area contributed by atoms with Gasteiger partial charge in [-0.1, -0.05) is 0 Å². The molecule has 0 N–H and O–H groups in total. The van der Waals surface area contributed by atoms with E-state index in [1.165, 1.54) is 5.08 Å². The minimum Gasteiger partial charge on any atom is -0.146 e. The van der Waals surface area contributed by atoms with Crippen molar-refractivity contribution in [3.05, 3.63) is 11.5 Å². The summed E-state index contributed by atoms with van der Waals surface area (Å²) in [4.78, 5) is 0. The van der Waals surface area contributed by atoms with Crippen molar-refractivity contribution in [1.29, 1.82) is 0 Å². The Morgan fingerprint density at radius 3 is 2.83 bits per heavy atom. The van der Waals surface area contributed by atoms with Crippen molar-refractivity contribution in [2.75, 3.05) is 10.8 Å². The molecule has 0 unspecified atom stereocenters. The lowest BCUT2D eigenvalue weighted by molar-refractivity contribution is 1.70. The van der Waals surface area contributed by atoms with Gasteiger partial charge in [-0.3, -0.25) is 0 Å². The lowest BCUT2D eigenvalue weighted by Crippen LogP contribution is -1.77. The molecule has 1 radical (unpaired) electrons. The fourth-order valence-electron chi connectivity index (χ4n) is 0.276. The predicted octanol–water partition coefficient (Wildman–Crippen LogP) is 1.74. The highest BCUT2D eigenvalue weighted by Gasteiger charge is 1.88. The summed E-state index contributed by atoms with van der Waals surface area (Å²) in [5.41, 5.74) is 0. The zero-order valence-corrected chi connectivity index (χ0v) is 4.94. The Balaban J connectivity index is 2.26. The predicted molar refractivity (Wildman–Crippen MR) is 32.7 cm³/mol. The van der Waals surface area contributed by atoms with Gasteiger partial charge in [0, 0.05) is 10.8 Å². The summed E-state index contributed by atoms with van der Waals surface area (Å²) < 4.78 is 0. The van der Waals surface area contributed by atoms with E-state index >= 15 is 0 Å². The van der Waals surface area contributed by atoms with E-state index in [0.29, 0.717) is 0 Å². The molecule has 0 fully saturated rings. The third kappa shape index (κ3) is 1.27. The van der Waals surface area contributed by atoms with E-state index in [-0.39, 0.29) is 0 Å². The summed E-state index contributed by atoms with van der Waals surface area (Å²) in [5.74, 6) is 1.09. The van der Waals surface area contributed by atoms with Crippen molar-refractivity contribution in [3.8, 4) is 0 Å². The molecule has 1 heterocycles. The molecule has 1 aliphatic rings. The summed E-state index contributed by atoms with van der Waals surface area (Å²) in [6, 6.07) is 0. The average Bonchev–Trinajstić information content (AvgIpc) is 1.72. The summed E-state index contributed by atoms with van der Waals surface area (Å²) in [5, 5.41) is 3.25. The van der Waals surface area contributed by atoms with Crippen LogP contribution in [0.4, 0.5) is 0 Å². The van der Waals surface area contributed by atoms with Gasteiger partial charge in [-0.05, 0) is 11.5 Å². The van der Waals surface area contributed by atoms with Crippen LogP contribution in [-0.2, 0) is 0 Å². The van der Waals surface area contributed by atoms with Gasteiger partial charge in [0.05, 0.1) is 0 Å². The zero-order valence-electron chi connectivity index (χ0n) is 3.31. The van der Waals surface area contributed by atoms with Crippen LogP contribution in [0.15, 0.2) is 5.41 Å². The quantitative estimate of drug-likeness (QED) is 0.474. The summed E-state index contributed by atoms with van der Waals surface area (Å²) >= 11 is 3.74. The first-order valence-electron chi connectivity index (χ1n) is 1.74. The Hall–Kier alpha value is 0.440. The molecule has 0 atom stereocenters. The van der Waals surface area contributed by atoms with Crippen LogP contribution in [0, 0.1) is 6.08 Å². The molecule has 2 heteroatoms. The monoisotopic (exact) mass is 117 g/mol. The van der Waals surface area contributed by atoms with Crippen LogP contribution in [0.5, 0.6) is 0 Å². The minimum atomic E-state index is 1.09. The van der Waals surface area contributed by atoms with Crippen molar-refractivity contribution in [2.45, 2.75) is 0 Å². The maximum Gasteiger partial charge on any atom is 0.0436 e. The fourth-order valence-corrected chi connectivity index (χ4v) is 1.77. The van der Waals surface area contributed by atoms with Gasteiger partial charge < -0.3 is 0 Å². The van der Waals surface area contributed by atoms with Crippen LogP contribution >= 0.6 is 23.5 Å².